The first-order valence-corrected chi connectivity index (χ1v) is 6.52. The fourth-order valence-corrected chi connectivity index (χ4v) is 2.05. The summed E-state index contributed by atoms with van der Waals surface area (Å²) in [5, 5.41) is 12.3. The summed E-state index contributed by atoms with van der Waals surface area (Å²) in [6, 6.07) is 7.10. The summed E-state index contributed by atoms with van der Waals surface area (Å²) < 4.78 is 5.40. The molecule has 0 bridgehead atoms. The number of aliphatic hydroxyl groups is 1. The standard InChI is InChI=1S/C14H20N2O3/c1-10-9-16(7-8-19-10)14(18)15-13-5-3-12(4-6-13)11(2)17/h3-6,10-11,17H,7-9H2,1-2H3,(H,15,18). The van der Waals surface area contributed by atoms with Crippen molar-refractivity contribution in [2.75, 3.05) is 25.0 Å². The van der Waals surface area contributed by atoms with E-state index >= 15 is 0 Å². The summed E-state index contributed by atoms with van der Waals surface area (Å²) in [6.45, 7) is 5.47. The van der Waals surface area contributed by atoms with Crippen molar-refractivity contribution in [3.8, 4) is 0 Å². The van der Waals surface area contributed by atoms with Gasteiger partial charge in [0.25, 0.3) is 0 Å². The predicted octanol–water partition coefficient (Wildman–Crippen LogP) is 1.99. The lowest BCUT2D eigenvalue weighted by atomic mass is 10.1. The lowest BCUT2D eigenvalue weighted by Crippen LogP contribution is -2.46. The van der Waals surface area contributed by atoms with Gasteiger partial charge < -0.3 is 20.1 Å². The molecule has 1 aliphatic heterocycles. The zero-order valence-electron chi connectivity index (χ0n) is 11.3. The van der Waals surface area contributed by atoms with Crippen LogP contribution in [0.4, 0.5) is 10.5 Å². The molecule has 1 heterocycles. The van der Waals surface area contributed by atoms with Crippen LogP contribution in [0.5, 0.6) is 0 Å². The molecule has 2 atom stereocenters. The Balaban J connectivity index is 1.94. The van der Waals surface area contributed by atoms with E-state index in [1.807, 2.05) is 19.1 Å². The highest BCUT2D eigenvalue weighted by molar-refractivity contribution is 5.89. The molecule has 2 rings (SSSR count). The summed E-state index contributed by atoms with van der Waals surface area (Å²) in [7, 11) is 0. The van der Waals surface area contributed by atoms with Crippen LogP contribution in [-0.2, 0) is 4.74 Å². The normalized spacial score (nSPS) is 21.0. The number of rotatable bonds is 2. The predicted molar refractivity (Wildman–Crippen MR) is 73.1 cm³/mol. The maximum Gasteiger partial charge on any atom is 0.322 e. The van der Waals surface area contributed by atoms with Crippen LogP contribution in [0.2, 0.25) is 0 Å². The van der Waals surface area contributed by atoms with Crippen LogP contribution in [0.15, 0.2) is 24.3 Å². The molecule has 1 aliphatic rings. The molecule has 0 aliphatic carbocycles. The van der Waals surface area contributed by atoms with Crippen LogP contribution in [0.3, 0.4) is 0 Å². The molecule has 104 valence electrons. The van der Waals surface area contributed by atoms with Crippen LogP contribution in [0.25, 0.3) is 0 Å². The van der Waals surface area contributed by atoms with Gasteiger partial charge in [0, 0.05) is 18.8 Å². The second-order valence-corrected chi connectivity index (χ2v) is 4.86. The number of hydrogen-bond donors (Lipinski definition) is 2. The van der Waals surface area contributed by atoms with Crippen molar-refractivity contribution in [2.45, 2.75) is 26.1 Å². The van der Waals surface area contributed by atoms with Crippen LogP contribution in [0, 0.1) is 0 Å². The summed E-state index contributed by atoms with van der Waals surface area (Å²) in [6.07, 6.45) is -0.415. The number of amides is 2. The van der Waals surface area contributed by atoms with E-state index in [2.05, 4.69) is 5.32 Å². The summed E-state index contributed by atoms with van der Waals surface area (Å²) in [4.78, 5) is 13.8. The number of morpholine rings is 1. The Morgan fingerprint density at radius 3 is 2.74 bits per heavy atom. The topological polar surface area (TPSA) is 61.8 Å². The van der Waals surface area contributed by atoms with Gasteiger partial charge in [-0.25, -0.2) is 4.79 Å². The molecule has 1 saturated heterocycles. The first-order valence-electron chi connectivity index (χ1n) is 6.52. The second kappa shape index (κ2) is 6.04. The fraction of sp³-hybridized carbons (Fsp3) is 0.500. The number of aliphatic hydroxyl groups excluding tert-OH is 1. The highest BCUT2D eigenvalue weighted by Crippen LogP contribution is 2.16. The zero-order valence-corrected chi connectivity index (χ0v) is 11.3. The minimum atomic E-state index is -0.496. The smallest absolute Gasteiger partial charge is 0.322 e. The molecule has 0 spiro atoms. The van der Waals surface area contributed by atoms with Crippen molar-refractivity contribution in [3.05, 3.63) is 29.8 Å². The zero-order chi connectivity index (χ0) is 13.8. The van der Waals surface area contributed by atoms with Crippen molar-refractivity contribution in [1.29, 1.82) is 0 Å². The Kier molecular flexibility index (Phi) is 4.39. The molecule has 5 nitrogen and oxygen atoms in total. The average molecular weight is 264 g/mol. The van der Waals surface area contributed by atoms with Crippen molar-refractivity contribution in [2.24, 2.45) is 0 Å². The lowest BCUT2D eigenvalue weighted by Gasteiger charge is -2.31. The number of anilines is 1. The Labute approximate surface area is 113 Å². The molecule has 19 heavy (non-hydrogen) atoms. The van der Waals surface area contributed by atoms with E-state index in [-0.39, 0.29) is 12.1 Å². The van der Waals surface area contributed by atoms with E-state index < -0.39 is 6.10 Å². The number of nitrogens with zero attached hydrogens (tertiary/aromatic N) is 1. The first kappa shape index (κ1) is 13.8. The molecule has 2 amide bonds. The Bertz CT molecular complexity index is 431. The third-order valence-electron chi connectivity index (χ3n) is 3.17. The Morgan fingerprint density at radius 2 is 2.16 bits per heavy atom. The van der Waals surface area contributed by atoms with E-state index in [0.29, 0.717) is 19.7 Å². The van der Waals surface area contributed by atoms with Crippen LogP contribution < -0.4 is 5.32 Å². The molecule has 1 fully saturated rings. The number of urea groups is 1. The van der Waals surface area contributed by atoms with E-state index in [4.69, 9.17) is 4.74 Å². The number of benzene rings is 1. The van der Waals surface area contributed by atoms with Crippen LogP contribution in [0.1, 0.15) is 25.5 Å². The molecule has 2 N–H and O–H groups in total. The van der Waals surface area contributed by atoms with Gasteiger partial charge in [-0.2, -0.15) is 0 Å². The third-order valence-corrected chi connectivity index (χ3v) is 3.17. The molecule has 5 heteroatoms. The maximum absolute atomic E-state index is 12.0. The Morgan fingerprint density at radius 1 is 1.47 bits per heavy atom. The van der Waals surface area contributed by atoms with E-state index in [1.165, 1.54) is 0 Å². The van der Waals surface area contributed by atoms with Gasteiger partial charge in [0.2, 0.25) is 0 Å². The first-order chi connectivity index (χ1) is 9.06. The molecule has 0 radical (unpaired) electrons. The molecule has 1 aromatic rings. The number of hydrogen-bond acceptors (Lipinski definition) is 3. The van der Waals surface area contributed by atoms with E-state index in [1.54, 1.807) is 24.0 Å². The van der Waals surface area contributed by atoms with Gasteiger partial charge in [-0.3, -0.25) is 0 Å². The number of carbonyl (C=O) groups excluding carboxylic acids is 1. The summed E-state index contributed by atoms with van der Waals surface area (Å²) >= 11 is 0. The molecule has 0 aromatic heterocycles. The van der Waals surface area contributed by atoms with Gasteiger partial charge in [-0.1, -0.05) is 12.1 Å². The number of ether oxygens (including phenoxy) is 1. The average Bonchev–Trinajstić information content (AvgIpc) is 2.39. The van der Waals surface area contributed by atoms with Gasteiger partial charge >= 0.3 is 6.03 Å². The second-order valence-electron chi connectivity index (χ2n) is 4.86. The minimum absolute atomic E-state index is 0.0807. The maximum atomic E-state index is 12.0. The van der Waals surface area contributed by atoms with E-state index in [0.717, 1.165) is 11.3 Å². The van der Waals surface area contributed by atoms with Gasteiger partial charge in [-0.15, -0.1) is 0 Å². The SMILES string of the molecule is CC1CN(C(=O)Nc2ccc(C(C)O)cc2)CCO1. The van der Waals surface area contributed by atoms with Crippen molar-refractivity contribution in [1.82, 2.24) is 4.90 Å². The van der Waals surface area contributed by atoms with Crippen molar-refractivity contribution in [3.63, 3.8) is 0 Å². The third kappa shape index (κ3) is 3.68. The lowest BCUT2D eigenvalue weighted by molar-refractivity contribution is -0.00138. The van der Waals surface area contributed by atoms with Crippen molar-refractivity contribution >= 4 is 11.7 Å². The van der Waals surface area contributed by atoms with Crippen LogP contribution >= 0.6 is 0 Å². The summed E-state index contributed by atoms with van der Waals surface area (Å²) in [5.41, 5.74) is 1.56. The van der Waals surface area contributed by atoms with Gasteiger partial charge in [0.1, 0.15) is 0 Å². The van der Waals surface area contributed by atoms with Crippen LogP contribution in [-0.4, -0.2) is 41.8 Å². The summed E-state index contributed by atoms with van der Waals surface area (Å²) in [5.74, 6) is 0. The molecular weight excluding hydrogens is 244 g/mol. The molecule has 1 aromatic carbocycles. The molecule has 0 saturated carbocycles. The number of nitrogens with one attached hydrogen (secondary N) is 1. The molecular formula is C14H20N2O3. The van der Waals surface area contributed by atoms with E-state index in [9.17, 15) is 9.90 Å². The quantitative estimate of drug-likeness (QED) is 0.858. The molecule has 2 unspecified atom stereocenters. The monoisotopic (exact) mass is 264 g/mol. The minimum Gasteiger partial charge on any atom is -0.389 e. The van der Waals surface area contributed by atoms with Gasteiger partial charge in [0.15, 0.2) is 0 Å². The van der Waals surface area contributed by atoms with Gasteiger partial charge in [0.05, 0.1) is 18.8 Å². The Hall–Kier alpha value is -1.59. The van der Waals surface area contributed by atoms with Gasteiger partial charge in [-0.05, 0) is 31.5 Å². The van der Waals surface area contributed by atoms with Crippen molar-refractivity contribution < 1.29 is 14.6 Å². The highest BCUT2D eigenvalue weighted by atomic mass is 16.5. The highest BCUT2D eigenvalue weighted by Gasteiger charge is 2.21. The largest absolute Gasteiger partial charge is 0.389 e. The fourth-order valence-electron chi connectivity index (χ4n) is 2.05. The number of carbonyl (C=O) groups is 1.